The van der Waals surface area contributed by atoms with Gasteiger partial charge in [0.1, 0.15) is 11.6 Å². The minimum Gasteiger partial charge on any atom is -0.383 e. The summed E-state index contributed by atoms with van der Waals surface area (Å²) >= 11 is 0. The van der Waals surface area contributed by atoms with Gasteiger partial charge < -0.3 is 15.7 Å². The van der Waals surface area contributed by atoms with E-state index in [0.717, 1.165) is 48.7 Å². The predicted octanol–water partition coefficient (Wildman–Crippen LogP) is 4.11. The molecule has 1 aliphatic heterocycles. The van der Waals surface area contributed by atoms with Crippen molar-refractivity contribution in [3.8, 4) is 11.1 Å². The second-order valence-corrected chi connectivity index (χ2v) is 7.60. The number of imidazole rings is 1. The van der Waals surface area contributed by atoms with E-state index in [0.29, 0.717) is 11.4 Å². The zero-order valence-corrected chi connectivity index (χ0v) is 17.4. The third-order valence-corrected chi connectivity index (χ3v) is 6.09. The molecule has 1 saturated carbocycles. The minimum atomic E-state index is 0.388. The van der Waals surface area contributed by atoms with Gasteiger partial charge in [-0.3, -0.25) is 4.90 Å². The first kappa shape index (κ1) is 19.6. The monoisotopic (exact) mass is 390 g/mol. The summed E-state index contributed by atoms with van der Waals surface area (Å²) in [5, 5.41) is 7.48. The Bertz CT molecular complexity index is 1020. The van der Waals surface area contributed by atoms with E-state index in [9.17, 15) is 0 Å². The maximum absolute atomic E-state index is 7.48. The fraction of sp³-hybridized carbons (Fsp3) is 0.435. The molecule has 0 spiro atoms. The summed E-state index contributed by atoms with van der Waals surface area (Å²) < 4.78 is 2.39. The molecule has 0 unspecified atom stereocenters. The third kappa shape index (κ3) is 3.65. The molecule has 0 saturated heterocycles. The number of nitrogens with zero attached hydrogens (tertiary/aromatic N) is 4. The van der Waals surface area contributed by atoms with Gasteiger partial charge in [0.15, 0.2) is 0 Å². The lowest BCUT2D eigenvalue weighted by Gasteiger charge is -2.36. The van der Waals surface area contributed by atoms with Crippen molar-refractivity contribution in [2.45, 2.75) is 52.1 Å². The van der Waals surface area contributed by atoms with Gasteiger partial charge >= 0.3 is 0 Å². The average molecular weight is 391 g/mol. The second kappa shape index (κ2) is 8.33. The van der Waals surface area contributed by atoms with Gasteiger partial charge in [0.2, 0.25) is 0 Å². The van der Waals surface area contributed by atoms with Crippen LogP contribution in [0.25, 0.3) is 22.2 Å². The van der Waals surface area contributed by atoms with Crippen molar-refractivity contribution in [1.29, 1.82) is 5.41 Å². The molecule has 3 aromatic rings. The molecule has 2 aromatic heterocycles. The predicted molar refractivity (Wildman–Crippen MR) is 120 cm³/mol. The Morgan fingerprint density at radius 2 is 1.93 bits per heavy atom. The Morgan fingerprint density at radius 1 is 1.10 bits per heavy atom. The highest BCUT2D eigenvalue weighted by atomic mass is 15.2. The van der Waals surface area contributed by atoms with Crippen molar-refractivity contribution in [2.75, 3.05) is 18.8 Å². The van der Waals surface area contributed by atoms with Gasteiger partial charge in [0.25, 0.3) is 0 Å². The number of benzene rings is 1. The fourth-order valence-electron chi connectivity index (χ4n) is 4.27. The van der Waals surface area contributed by atoms with Gasteiger partial charge in [-0.15, -0.1) is 0 Å². The third-order valence-electron chi connectivity index (χ3n) is 6.09. The molecule has 29 heavy (non-hydrogen) atoms. The number of nitrogen functional groups attached to an aromatic ring is 1. The maximum Gasteiger partial charge on any atom is 0.132 e. The Balaban J connectivity index is 0.000000994. The number of hydrogen-bond donors (Lipinski definition) is 2. The molecule has 1 aliphatic carbocycles. The lowest BCUT2D eigenvalue weighted by molar-refractivity contribution is 0.130. The average Bonchev–Trinajstić information content (AvgIpc) is 2.94. The maximum atomic E-state index is 7.48. The van der Waals surface area contributed by atoms with Gasteiger partial charge in [-0.1, -0.05) is 26.3 Å². The van der Waals surface area contributed by atoms with E-state index in [4.69, 9.17) is 16.1 Å². The van der Waals surface area contributed by atoms with E-state index >= 15 is 0 Å². The number of anilines is 1. The van der Waals surface area contributed by atoms with Gasteiger partial charge in [0, 0.05) is 55.6 Å². The number of hydrogen-bond acceptors (Lipinski definition) is 5. The van der Waals surface area contributed by atoms with E-state index in [1.165, 1.54) is 36.8 Å². The molecular formula is C23H30N6. The van der Waals surface area contributed by atoms with Crippen LogP contribution in [-0.4, -0.2) is 44.8 Å². The Hall–Kier alpha value is -2.73. The number of nitrogens with two attached hydrogens (primary N) is 1. The fourth-order valence-corrected chi connectivity index (χ4v) is 4.27. The van der Waals surface area contributed by atoms with Crippen molar-refractivity contribution in [2.24, 2.45) is 0 Å². The van der Waals surface area contributed by atoms with Crippen LogP contribution in [0.15, 0.2) is 30.5 Å². The van der Waals surface area contributed by atoms with E-state index in [1.807, 2.05) is 19.9 Å². The van der Waals surface area contributed by atoms with E-state index in [1.54, 1.807) is 6.20 Å². The molecule has 0 radical (unpaired) electrons. The molecule has 3 heterocycles. The molecule has 0 bridgehead atoms. The van der Waals surface area contributed by atoms with Gasteiger partial charge in [-0.2, -0.15) is 0 Å². The van der Waals surface area contributed by atoms with E-state index < -0.39 is 0 Å². The van der Waals surface area contributed by atoms with Crippen LogP contribution in [0.4, 0.5) is 5.82 Å². The summed E-state index contributed by atoms with van der Waals surface area (Å²) in [6.07, 6.45) is 8.14. The SMILES string of the molecule is CC.N=Cc1cc(-c2ccc3c(c2)nc2n3CCN(C3CCC3)CC2)cnc1N. The summed E-state index contributed by atoms with van der Waals surface area (Å²) in [6, 6.07) is 9.12. The summed E-state index contributed by atoms with van der Waals surface area (Å²) in [6.45, 7) is 7.25. The topological polar surface area (TPSA) is 83.8 Å². The second-order valence-electron chi connectivity index (χ2n) is 7.60. The van der Waals surface area contributed by atoms with Crippen LogP contribution in [0.3, 0.4) is 0 Å². The van der Waals surface area contributed by atoms with Crippen LogP contribution in [0.2, 0.25) is 0 Å². The standard InChI is InChI=1S/C21H24N6.C2H6/c22-12-15-10-16(13-24-21(15)23)14-4-5-19-18(11-14)25-20-6-7-26(8-9-27(19)20)17-2-1-3-17;1-2/h4-5,10-13,17,22H,1-3,6-9H2,(H2,23,24);1-2H3. The minimum absolute atomic E-state index is 0.388. The van der Waals surface area contributed by atoms with Crippen molar-refractivity contribution in [1.82, 2.24) is 19.4 Å². The number of nitrogens with one attached hydrogen (secondary N) is 1. The van der Waals surface area contributed by atoms with Crippen LogP contribution < -0.4 is 5.73 Å². The van der Waals surface area contributed by atoms with Gasteiger partial charge in [0.05, 0.1) is 11.0 Å². The number of fused-ring (bicyclic) bond motifs is 3. The summed E-state index contributed by atoms with van der Waals surface area (Å²) in [5.41, 5.74) is 10.7. The van der Waals surface area contributed by atoms with Gasteiger partial charge in [-0.25, -0.2) is 9.97 Å². The van der Waals surface area contributed by atoms with Crippen LogP contribution in [0.5, 0.6) is 0 Å². The van der Waals surface area contributed by atoms with E-state index in [2.05, 4.69) is 32.7 Å². The smallest absolute Gasteiger partial charge is 0.132 e. The van der Waals surface area contributed by atoms with Crippen LogP contribution in [0, 0.1) is 5.41 Å². The quantitative estimate of drug-likeness (QED) is 0.659. The lowest BCUT2D eigenvalue weighted by atomic mass is 9.91. The molecule has 1 fully saturated rings. The first-order chi connectivity index (χ1) is 14.2. The molecular weight excluding hydrogens is 360 g/mol. The first-order valence-corrected chi connectivity index (χ1v) is 10.7. The molecule has 6 nitrogen and oxygen atoms in total. The summed E-state index contributed by atoms with van der Waals surface area (Å²) in [5.74, 6) is 1.58. The van der Waals surface area contributed by atoms with Crippen LogP contribution in [0.1, 0.15) is 44.5 Å². The number of rotatable bonds is 3. The van der Waals surface area contributed by atoms with E-state index in [-0.39, 0.29) is 0 Å². The first-order valence-electron chi connectivity index (χ1n) is 10.7. The Morgan fingerprint density at radius 3 is 2.66 bits per heavy atom. The van der Waals surface area contributed by atoms with Gasteiger partial charge in [-0.05, 0) is 36.6 Å². The highest BCUT2D eigenvalue weighted by Gasteiger charge is 2.27. The van der Waals surface area contributed by atoms with Crippen LogP contribution in [-0.2, 0) is 13.0 Å². The van der Waals surface area contributed by atoms with Crippen molar-refractivity contribution < 1.29 is 0 Å². The highest BCUT2D eigenvalue weighted by Crippen LogP contribution is 2.29. The molecule has 2 aliphatic rings. The lowest BCUT2D eigenvalue weighted by Crippen LogP contribution is -2.41. The zero-order chi connectivity index (χ0) is 20.4. The largest absolute Gasteiger partial charge is 0.383 e. The molecule has 6 heteroatoms. The Kier molecular flexibility index (Phi) is 5.62. The molecule has 0 atom stereocenters. The highest BCUT2D eigenvalue weighted by molar-refractivity contribution is 5.88. The molecule has 0 amide bonds. The van der Waals surface area contributed by atoms with Crippen molar-refractivity contribution in [3.63, 3.8) is 0 Å². The zero-order valence-electron chi connectivity index (χ0n) is 17.4. The van der Waals surface area contributed by atoms with Crippen molar-refractivity contribution >= 4 is 23.1 Å². The number of pyridine rings is 1. The van der Waals surface area contributed by atoms with Crippen LogP contribution >= 0.6 is 0 Å². The van der Waals surface area contributed by atoms with Crippen molar-refractivity contribution in [3.05, 3.63) is 41.9 Å². The molecule has 152 valence electrons. The molecule has 3 N–H and O–H groups in total. The number of aromatic nitrogens is 3. The molecule has 5 rings (SSSR count). The molecule has 1 aromatic carbocycles. The normalized spacial score (nSPS) is 17.0. The summed E-state index contributed by atoms with van der Waals surface area (Å²) in [4.78, 5) is 11.8. The Labute approximate surface area is 172 Å². The summed E-state index contributed by atoms with van der Waals surface area (Å²) in [7, 11) is 0.